The van der Waals surface area contributed by atoms with Gasteiger partial charge in [-0.1, -0.05) is 12.1 Å². The van der Waals surface area contributed by atoms with E-state index >= 15 is 0 Å². The molecular weight excluding hydrogens is 344 g/mol. The van der Waals surface area contributed by atoms with Crippen LogP contribution in [0.1, 0.15) is 23.6 Å². The van der Waals surface area contributed by atoms with E-state index in [-0.39, 0.29) is 5.56 Å². The number of rotatable bonds is 5. The molecule has 6 heteroatoms. The predicted octanol–water partition coefficient (Wildman–Crippen LogP) is 2.49. The first-order chi connectivity index (χ1) is 13.1. The number of benzene rings is 1. The Labute approximate surface area is 159 Å². The monoisotopic (exact) mass is 370 g/mol. The summed E-state index contributed by atoms with van der Waals surface area (Å²) < 4.78 is 18.5. The average molecular weight is 370 g/mol. The topological polar surface area (TPSA) is 52.9 Å². The van der Waals surface area contributed by atoms with E-state index in [1.54, 1.807) is 27.4 Å². The summed E-state index contributed by atoms with van der Waals surface area (Å²) in [6.45, 7) is 3.52. The van der Waals surface area contributed by atoms with Gasteiger partial charge in [-0.15, -0.1) is 0 Å². The van der Waals surface area contributed by atoms with Gasteiger partial charge in [0.05, 0.1) is 21.3 Å². The molecule has 2 bridgehead atoms. The van der Waals surface area contributed by atoms with E-state index in [9.17, 15) is 4.79 Å². The number of hydrogen-bond donors (Lipinski definition) is 0. The molecule has 1 fully saturated rings. The van der Waals surface area contributed by atoms with Crippen molar-refractivity contribution in [3.05, 3.63) is 51.9 Å². The lowest BCUT2D eigenvalue weighted by Gasteiger charge is -2.43. The summed E-state index contributed by atoms with van der Waals surface area (Å²) in [5.41, 5.74) is 2.38. The van der Waals surface area contributed by atoms with E-state index in [1.165, 1.54) is 5.69 Å². The molecule has 3 heterocycles. The Morgan fingerprint density at radius 2 is 1.78 bits per heavy atom. The molecule has 0 radical (unpaired) electrons. The minimum atomic E-state index is 0.122. The van der Waals surface area contributed by atoms with Crippen molar-refractivity contribution in [1.29, 1.82) is 0 Å². The van der Waals surface area contributed by atoms with Crippen molar-refractivity contribution in [3.8, 4) is 17.2 Å². The highest BCUT2D eigenvalue weighted by molar-refractivity contribution is 5.55. The number of hydrogen-bond acceptors (Lipinski definition) is 5. The van der Waals surface area contributed by atoms with Gasteiger partial charge in [0.25, 0.3) is 5.56 Å². The van der Waals surface area contributed by atoms with Crippen LogP contribution in [0, 0.1) is 5.92 Å². The molecule has 6 nitrogen and oxygen atoms in total. The van der Waals surface area contributed by atoms with Crippen molar-refractivity contribution >= 4 is 0 Å². The Balaban J connectivity index is 1.60. The SMILES string of the molecule is COc1ccc(CN2CC3CC(C2)c2cccc(=O)n2C3)c(OC)c1OC. The number of likely N-dealkylation sites (tertiary alicyclic amines) is 1. The third kappa shape index (κ3) is 3.18. The minimum Gasteiger partial charge on any atom is -0.493 e. The number of piperidine rings is 1. The summed E-state index contributed by atoms with van der Waals surface area (Å²) in [4.78, 5) is 14.7. The second-order valence-corrected chi connectivity index (χ2v) is 7.39. The Hall–Kier alpha value is -2.47. The van der Waals surface area contributed by atoms with E-state index < -0.39 is 0 Å². The molecular formula is C21H26N2O4. The lowest BCUT2D eigenvalue weighted by atomic mass is 9.83. The summed E-state index contributed by atoms with van der Waals surface area (Å²) in [5, 5.41) is 0. The Morgan fingerprint density at radius 1 is 0.963 bits per heavy atom. The third-order valence-corrected chi connectivity index (χ3v) is 5.74. The fraction of sp³-hybridized carbons (Fsp3) is 0.476. The Morgan fingerprint density at radius 3 is 2.52 bits per heavy atom. The number of fused-ring (bicyclic) bond motifs is 4. The standard InChI is InChI=1S/C21H26N2O4/c1-25-18-8-7-15(20(26-2)21(18)27-3)12-22-10-14-9-16(13-22)17-5-4-6-19(24)23(17)11-14/h4-8,14,16H,9-13H2,1-3H3. The number of ether oxygens (including phenoxy) is 3. The van der Waals surface area contributed by atoms with Gasteiger partial charge in [-0.05, 0) is 24.5 Å². The highest BCUT2D eigenvalue weighted by atomic mass is 16.5. The van der Waals surface area contributed by atoms with Gasteiger partial charge < -0.3 is 18.8 Å². The van der Waals surface area contributed by atoms with Crippen molar-refractivity contribution in [2.75, 3.05) is 34.4 Å². The quantitative estimate of drug-likeness (QED) is 0.809. The maximum atomic E-state index is 12.2. The van der Waals surface area contributed by atoms with Crippen LogP contribution < -0.4 is 19.8 Å². The molecule has 2 aliphatic heterocycles. The van der Waals surface area contributed by atoms with E-state index in [2.05, 4.69) is 11.0 Å². The Kier molecular flexibility index (Phi) is 4.83. The first-order valence-electron chi connectivity index (χ1n) is 9.34. The lowest BCUT2D eigenvalue weighted by molar-refractivity contribution is 0.113. The maximum Gasteiger partial charge on any atom is 0.250 e. The molecule has 2 aliphatic rings. The molecule has 1 saturated heterocycles. The van der Waals surface area contributed by atoms with Crippen molar-refractivity contribution in [2.45, 2.75) is 25.4 Å². The lowest BCUT2D eigenvalue weighted by Crippen LogP contribution is -2.46. The van der Waals surface area contributed by atoms with Crippen LogP contribution in [0.25, 0.3) is 0 Å². The van der Waals surface area contributed by atoms with Gasteiger partial charge in [0.2, 0.25) is 5.75 Å². The smallest absolute Gasteiger partial charge is 0.250 e. The molecule has 1 aromatic heterocycles. The molecule has 0 N–H and O–H groups in total. The fourth-order valence-corrected chi connectivity index (χ4v) is 4.65. The molecule has 2 unspecified atom stereocenters. The van der Waals surface area contributed by atoms with Gasteiger partial charge in [0.15, 0.2) is 11.5 Å². The van der Waals surface area contributed by atoms with Crippen LogP contribution in [0.15, 0.2) is 35.1 Å². The van der Waals surface area contributed by atoms with E-state index in [4.69, 9.17) is 14.2 Å². The van der Waals surface area contributed by atoms with Gasteiger partial charge in [-0.3, -0.25) is 9.69 Å². The zero-order valence-electron chi connectivity index (χ0n) is 16.1. The molecule has 2 atom stereocenters. The Bertz CT molecular complexity index is 892. The highest BCUT2D eigenvalue weighted by Gasteiger charge is 2.34. The summed E-state index contributed by atoms with van der Waals surface area (Å²) in [7, 11) is 4.92. The number of nitrogens with zero attached hydrogens (tertiary/aromatic N) is 2. The average Bonchev–Trinajstić information content (AvgIpc) is 2.68. The van der Waals surface area contributed by atoms with Crippen molar-refractivity contribution in [3.63, 3.8) is 0 Å². The molecule has 2 aromatic rings. The first-order valence-corrected chi connectivity index (χ1v) is 9.34. The van der Waals surface area contributed by atoms with E-state index in [0.29, 0.717) is 23.3 Å². The van der Waals surface area contributed by atoms with E-state index in [1.807, 2.05) is 22.8 Å². The summed E-state index contributed by atoms with van der Waals surface area (Å²) in [6, 6.07) is 9.61. The molecule has 0 aliphatic carbocycles. The summed E-state index contributed by atoms with van der Waals surface area (Å²) >= 11 is 0. The molecule has 0 spiro atoms. The van der Waals surface area contributed by atoms with Gasteiger partial charge in [-0.2, -0.15) is 0 Å². The fourth-order valence-electron chi connectivity index (χ4n) is 4.65. The van der Waals surface area contributed by atoms with Crippen LogP contribution in [0.5, 0.6) is 17.2 Å². The summed E-state index contributed by atoms with van der Waals surface area (Å²) in [6.07, 6.45) is 1.16. The van der Waals surface area contributed by atoms with Crippen LogP contribution in [0.4, 0.5) is 0 Å². The number of aromatic nitrogens is 1. The van der Waals surface area contributed by atoms with Crippen LogP contribution in [0.3, 0.4) is 0 Å². The zero-order valence-corrected chi connectivity index (χ0v) is 16.1. The van der Waals surface area contributed by atoms with Crippen molar-refractivity contribution in [1.82, 2.24) is 9.47 Å². The zero-order chi connectivity index (χ0) is 19.0. The molecule has 27 heavy (non-hydrogen) atoms. The van der Waals surface area contributed by atoms with Gasteiger partial charge >= 0.3 is 0 Å². The second kappa shape index (κ2) is 7.27. The molecule has 4 rings (SSSR count). The van der Waals surface area contributed by atoms with Gasteiger partial charge in [0.1, 0.15) is 0 Å². The van der Waals surface area contributed by atoms with Crippen LogP contribution in [0.2, 0.25) is 0 Å². The highest BCUT2D eigenvalue weighted by Crippen LogP contribution is 2.41. The molecule has 0 amide bonds. The summed E-state index contributed by atoms with van der Waals surface area (Å²) in [5.74, 6) is 2.93. The number of pyridine rings is 1. The van der Waals surface area contributed by atoms with Crippen molar-refractivity contribution < 1.29 is 14.2 Å². The van der Waals surface area contributed by atoms with Gasteiger partial charge in [-0.25, -0.2) is 0 Å². The first kappa shape index (κ1) is 17.9. The maximum absolute atomic E-state index is 12.2. The van der Waals surface area contributed by atoms with Crippen LogP contribution >= 0.6 is 0 Å². The minimum absolute atomic E-state index is 0.122. The number of methoxy groups -OCH3 is 3. The van der Waals surface area contributed by atoms with Crippen LogP contribution in [-0.2, 0) is 13.1 Å². The molecule has 1 aromatic carbocycles. The predicted molar refractivity (Wildman–Crippen MR) is 103 cm³/mol. The third-order valence-electron chi connectivity index (χ3n) is 5.74. The van der Waals surface area contributed by atoms with Gasteiger partial charge in [0, 0.05) is 49.4 Å². The second-order valence-electron chi connectivity index (χ2n) is 7.39. The molecule has 144 valence electrons. The van der Waals surface area contributed by atoms with E-state index in [0.717, 1.165) is 43.9 Å². The van der Waals surface area contributed by atoms with Crippen molar-refractivity contribution in [2.24, 2.45) is 5.92 Å². The van der Waals surface area contributed by atoms with Crippen LogP contribution in [-0.4, -0.2) is 43.9 Å². The molecule has 0 saturated carbocycles. The largest absolute Gasteiger partial charge is 0.493 e. The normalized spacial score (nSPS) is 21.4.